The van der Waals surface area contributed by atoms with Crippen molar-refractivity contribution in [3.05, 3.63) is 24.3 Å². The van der Waals surface area contributed by atoms with Crippen molar-refractivity contribution in [2.45, 2.75) is 19.6 Å². The first-order valence-electron chi connectivity index (χ1n) is 3.87. The van der Waals surface area contributed by atoms with Gasteiger partial charge in [-0.3, -0.25) is 4.98 Å². The number of hydrogen-bond acceptors (Lipinski definition) is 2. The van der Waals surface area contributed by atoms with Crippen molar-refractivity contribution in [2.24, 2.45) is 0 Å². The zero-order valence-corrected chi connectivity index (χ0v) is 8.63. The minimum Gasteiger partial charge on any atom is -0.260 e. The van der Waals surface area contributed by atoms with Crippen molar-refractivity contribution in [3.8, 4) is 11.5 Å². The predicted octanol–water partition coefficient (Wildman–Crippen LogP) is 1.71. The summed E-state index contributed by atoms with van der Waals surface area (Å²) in [4.78, 5) is 8.00. The molecule has 1 aromatic heterocycles. The van der Waals surface area contributed by atoms with Crippen LogP contribution in [0, 0.1) is 11.5 Å². The maximum Gasteiger partial charge on any atom is 0.130 e. The Hall–Kier alpha value is -1.14. The van der Waals surface area contributed by atoms with Crippen molar-refractivity contribution in [1.29, 1.82) is 0 Å². The van der Waals surface area contributed by atoms with Crippen molar-refractivity contribution in [3.63, 3.8) is 0 Å². The first kappa shape index (κ1) is 8.95. The van der Waals surface area contributed by atoms with Gasteiger partial charge in [0.25, 0.3) is 0 Å². The lowest BCUT2D eigenvalue weighted by molar-refractivity contribution is 1.17. The Bertz CT molecular complexity index is 303. The topological polar surface area (TPSA) is 25.8 Å². The highest BCUT2D eigenvalue weighted by molar-refractivity contribution is 6.83. The Balaban J connectivity index is 2.81. The summed E-state index contributed by atoms with van der Waals surface area (Å²) in [5, 5.41) is 0. The molecule has 0 bridgehead atoms. The van der Waals surface area contributed by atoms with Crippen LogP contribution >= 0.6 is 0 Å². The van der Waals surface area contributed by atoms with Gasteiger partial charge in [-0.1, -0.05) is 25.6 Å². The maximum absolute atomic E-state index is 4.07. The Morgan fingerprint density at radius 2 is 2.00 bits per heavy atom. The van der Waals surface area contributed by atoms with E-state index < -0.39 is 8.07 Å². The Kier molecular flexibility index (Phi) is 2.61. The molecule has 0 aliphatic heterocycles. The third-order valence-corrected chi connectivity index (χ3v) is 2.00. The van der Waals surface area contributed by atoms with E-state index in [-0.39, 0.29) is 0 Å². The molecule has 62 valence electrons. The van der Waals surface area contributed by atoms with Crippen LogP contribution in [0.3, 0.4) is 0 Å². The SMILES string of the molecule is C[Si](C)(C)C#Cc1cnccn1. The summed E-state index contributed by atoms with van der Waals surface area (Å²) in [6.07, 6.45) is 5.00. The highest BCUT2D eigenvalue weighted by Gasteiger charge is 2.07. The van der Waals surface area contributed by atoms with E-state index in [4.69, 9.17) is 0 Å². The van der Waals surface area contributed by atoms with E-state index in [0.29, 0.717) is 0 Å². The summed E-state index contributed by atoms with van der Waals surface area (Å²) >= 11 is 0. The van der Waals surface area contributed by atoms with Crippen LogP contribution in [-0.4, -0.2) is 18.0 Å². The fraction of sp³-hybridized carbons (Fsp3) is 0.333. The third-order valence-electron chi connectivity index (χ3n) is 1.13. The Morgan fingerprint density at radius 3 is 2.50 bits per heavy atom. The van der Waals surface area contributed by atoms with Crippen molar-refractivity contribution in [1.82, 2.24) is 9.97 Å². The zero-order valence-electron chi connectivity index (χ0n) is 7.63. The second-order valence-electron chi connectivity index (χ2n) is 3.59. The Morgan fingerprint density at radius 1 is 1.25 bits per heavy atom. The first-order chi connectivity index (χ1) is 5.58. The van der Waals surface area contributed by atoms with E-state index in [9.17, 15) is 0 Å². The number of nitrogens with zero attached hydrogens (tertiary/aromatic N) is 2. The molecule has 0 saturated heterocycles. The molecule has 2 nitrogen and oxygen atoms in total. The number of rotatable bonds is 0. The van der Waals surface area contributed by atoms with Gasteiger partial charge in [0, 0.05) is 12.4 Å². The molecule has 1 heterocycles. The standard InChI is InChI=1S/C9H12N2Si/c1-12(2,3)7-4-9-8-10-5-6-11-9/h5-6,8H,1-3H3. The maximum atomic E-state index is 4.07. The van der Waals surface area contributed by atoms with Gasteiger partial charge in [-0.15, -0.1) is 5.54 Å². The average Bonchev–Trinajstić information content (AvgIpc) is 2.02. The van der Waals surface area contributed by atoms with E-state index in [2.05, 4.69) is 41.1 Å². The molecule has 0 N–H and O–H groups in total. The lowest BCUT2D eigenvalue weighted by Crippen LogP contribution is -2.16. The minimum absolute atomic E-state index is 0.764. The smallest absolute Gasteiger partial charge is 0.130 e. The lowest BCUT2D eigenvalue weighted by Gasteiger charge is -2.02. The summed E-state index contributed by atoms with van der Waals surface area (Å²) in [5.41, 5.74) is 3.99. The normalized spacial score (nSPS) is 10.2. The van der Waals surface area contributed by atoms with Crippen LogP contribution in [0.25, 0.3) is 0 Å². The lowest BCUT2D eigenvalue weighted by atomic mass is 10.5. The van der Waals surface area contributed by atoms with Crippen molar-refractivity contribution < 1.29 is 0 Å². The van der Waals surface area contributed by atoms with Gasteiger partial charge in [0.2, 0.25) is 0 Å². The van der Waals surface area contributed by atoms with Gasteiger partial charge >= 0.3 is 0 Å². The van der Waals surface area contributed by atoms with Crippen molar-refractivity contribution >= 4 is 8.07 Å². The van der Waals surface area contributed by atoms with E-state index in [1.807, 2.05) is 0 Å². The van der Waals surface area contributed by atoms with Gasteiger partial charge in [-0.2, -0.15) is 0 Å². The molecule has 1 aromatic rings. The molecular formula is C9H12N2Si. The average molecular weight is 176 g/mol. The third kappa shape index (κ3) is 3.31. The highest BCUT2D eigenvalue weighted by atomic mass is 28.3. The molecule has 0 atom stereocenters. The zero-order chi connectivity index (χ0) is 9.03. The number of hydrogen-bond donors (Lipinski definition) is 0. The Labute approximate surface area is 74.1 Å². The van der Waals surface area contributed by atoms with E-state index in [1.54, 1.807) is 18.6 Å². The molecule has 0 unspecified atom stereocenters. The summed E-state index contributed by atoms with van der Waals surface area (Å²) < 4.78 is 0. The quantitative estimate of drug-likeness (QED) is 0.444. The van der Waals surface area contributed by atoms with E-state index in [1.165, 1.54) is 0 Å². The molecule has 0 spiro atoms. The summed E-state index contributed by atoms with van der Waals surface area (Å²) in [7, 11) is -1.27. The van der Waals surface area contributed by atoms with E-state index >= 15 is 0 Å². The van der Waals surface area contributed by atoms with Gasteiger partial charge in [0.05, 0.1) is 6.20 Å². The fourth-order valence-electron chi connectivity index (χ4n) is 0.615. The van der Waals surface area contributed by atoms with Crippen LogP contribution in [0.15, 0.2) is 18.6 Å². The molecule has 0 saturated carbocycles. The molecule has 0 radical (unpaired) electrons. The van der Waals surface area contributed by atoms with Gasteiger partial charge in [-0.25, -0.2) is 4.98 Å². The second kappa shape index (κ2) is 3.50. The molecule has 3 heteroatoms. The summed E-state index contributed by atoms with van der Waals surface area (Å²) in [6, 6.07) is 0. The summed E-state index contributed by atoms with van der Waals surface area (Å²) in [6.45, 7) is 6.61. The largest absolute Gasteiger partial charge is 0.260 e. The van der Waals surface area contributed by atoms with Crippen LogP contribution in [0.4, 0.5) is 0 Å². The monoisotopic (exact) mass is 176 g/mol. The molecule has 0 aromatic carbocycles. The van der Waals surface area contributed by atoms with Gasteiger partial charge in [0.15, 0.2) is 0 Å². The second-order valence-corrected chi connectivity index (χ2v) is 8.34. The van der Waals surface area contributed by atoms with Crippen LogP contribution in [0.5, 0.6) is 0 Å². The molecule has 1 rings (SSSR count). The van der Waals surface area contributed by atoms with Crippen LogP contribution in [0.2, 0.25) is 19.6 Å². The highest BCUT2D eigenvalue weighted by Crippen LogP contribution is 1.97. The van der Waals surface area contributed by atoms with Gasteiger partial charge < -0.3 is 0 Å². The number of aromatic nitrogens is 2. The molecular weight excluding hydrogens is 164 g/mol. The van der Waals surface area contributed by atoms with Gasteiger partial charge in [0.1, 0.15) is 13.8 Å². The predicted molar refractivity (Wildman–Crippen MR) is 52.3 cm³/mol. The molecule has 0 aliphatic carbocycles. The molecule has 0 fully saturated rings. The molecule has 12 heavy (non-hydrogen) atoms. The molecule has 0 aliphatic rings. The van der Waals surface area contributed by atoms with Crippen molar-refractivity contribution in [2.75, 3.05) is 0 Å². The minimum atomic E-state index is -1.27. The molecule has 0 amide bonds. The van der Waals surface area contributed by atoms with Crippen LogP contribution < -0.4 is 0 Å². The van der Waals surface area contributed by atoms with Crippen LogP contribution in [0.1, 0.15) is 5.69 Å². The fourth-order valence-corrected chi connectivity index (χ4v) is 1.12. The van der Waals surface area contributed by atoms with Crippen LogP contribution in [-0.2, 0) is 0 Å². The van der Waals surface area contributed by atoms with Gasteiger partial charge in [-0.05, 0) is 0 Å². The first-order valence-corrected chi connectivity index (χ1v) is 7.37. The van der Waals surface area contributed by atoms with E-state index in [0.717, 1.165) is 5.69 Å². The summed E-state index contributed by atoms with van der Waals surface area (Å²) in [5.74, 6) is 3.02.